The van der Waals surface area contributed by atoms with Crippen molar-refractivity contribution < 1.29 is 4.74 Å². The molecule has 3 heteroatoms. The van der Waals surface area contributed by atoms with Crippen LogP contribution in [0.25, 0.3) is 0 Å². The zero-order valence-corrected chi connectivity index (χ0v) is 13.1. The summed E-state index contributed by atoms with van der Waals surface area (Å²) in [4.78, 5) is 2.49. The molecule has 0 amide bonds. The van der Waals surface area contributed by atoms with Gasteiger partial charge in [-0.15, -0.1) is 0 Å². The van der Waals surface area contributed by atoms with Crippen LogP contribution in [0.4, 0.5) is 0 Å². The van der Waals surface area contributed by atoms with E-state index in [-0.39, 0.29) is 0 Å². The van der Waals surface area contributed by atoms with Crippen molar-refractivity contribution in [2.45, 2.75) is 50.7 Å². The molecule has 2 unspecified atom stereocenters. The first-order chi connectivity index (χ1) is 10.3. The second-order valence-electron chi connectivity index (χ2n) is 6.42. The molecular weight excluding hydrogens is 260 g/mol. The van der Waals surface area contributed by atoms with Crippen LogP contribution in [0.2, 0.25) is 0 Å². The maximum absolute atomic E-state index is 6.11. The van der Waals surface area contributed by atoms with Crippen LogP contribution in [-0.2, 0) is 4.74 Å². The van der Waals surface area contributed by atoms with Crippen LogP contribution in [0.5, 0.6) is 0 Å². The fourth-order valence-corrected chi connectivity index (χ4v) is 3.46. The predicted octanol–water partition coefficient (Wildman–Crippen LogP) is 3.06. The molecule has 1 saturated heterocycles. The van der Waals surface area contributed by atoms with Crippen LogP contribution < -0.4 is 5.73 Å². The van der Waals surface area contributed by atoms with Gasteiger partial charge < -0.3 is 10.5 Å². The number of hydrogen-bond acceptors (Lipinski definition) is 3. The number of benzene rings is 1. The Morgan fingerprint density at radius 1 is 1.33 bits per heavy atom. The van der Waals surface area contributed by atoms with Gasteiger partial charge >= 0.3 is 0 Å². The van der Waals surface area contributed by atoms with E-state index in [0.717, 1.165) is 25.6 Å². The SMILES string of the molecule is CCN(CC1CCCO1)C(CN)c1cccc(C2CC2)c1. The predicted molar refractivity (Wildman–Crippen MR) is 86.4 cm³/mol. The van der Waals surface area contributed by atoms with Gasteiger partial charge in [-0.3, -0.25) is 4.90 Å². The topological polar surface area (TPSA) is 38.5 Å². The fourth-order valence-electron chi connectivity index (χ4n) is 3.46. The third-order valence-corrected chi connectivity index (χ3v) is 4.88. The summed E-state index contributed by atoms with van der Waals surface area (Å²) in [7, 11) is 0. The summed E-state index contributed by atoms with van der Waals surface area (Å²) < 4.78 is 5.81. The molecule has 2 atom stereocenters. The number of nitrogens with two attached hydrogens (primary N) is 1. The molecule has 0 bridgehead atoms. The Hall–Kier alpha value is -0.900. The van der Waals surface area contributed by atoms with E-state index in [1.165, 1.54) is 36.8 Å². The summed E-state index contributed by atoms with van der Waals surface area (Å²) in [6, 6.07) is 9.41. The average molecular weight is 288 g/mol. The van der Waals surface area contributed by atoms with E-state index < -0.39 is 0 Å². The summed E-state index contributed by atoms with van der Waals surface area (Å²) in [5.74, 6) is 0.802. The highest BCUT2D eigenvalue weighted by Gasteiger charge is 2.27. The first-order valence-electron chi connectivity index (χ1n) is 8.47. The molecule has 1 aromatic rings. The third kappa shape index (κ3) is 3.65. The molecule has 2 fully saturated rings. The van der Waals surface area contributed by atoms with E-state index in [2.05, 4.69) is 36.1 Å². The maximum Gasteiger partial charge on any atom is 0.0703 e. The average Bonchev–Trinajstić information content (AvgIpc) is 3.25. The number of rotatable bonds is 7. The summed E-state index contributed by atoms with van der Waals surface area (Å²) in [6.45, 7) is 5.85. The molecule has 0 aromatic heterocycles. The first-order valence-corrected chi connectivity index (χ1v) is 8.47. The van der Waals surface area contributed by atoms with Crippen molar-refractivity contribution in [3.8, 4) is 0 Å². The summed E-state index contributed by atoms with van der Waals surface area (Å²) in [5.41, 5.74) is 8.99. The van der Waals surface area contributed by atoms with Crippen molar-refractivity contribution >= 4 is 0 Å². The lowest BCUT2D eigenvalue weighted by molar-refractivity contribution is 0.0601. The Balaban J connectivity index is 1.73. The lowest BCUT2D eigenvalue weighted by Gasteiger charge is -2.32. The van der Waals surface area contributed by atoms with Crippen LogP contribution in [-0.4, -0.2) is 37.2 Å². The van der Waals surface area contributed by atoms with Gasteiger partial charge in [-0.2, -0.15) is 0 Å². The van der Waals surface area contributed by atoms with Gasteiger partial charge in [-0.1, -0.05) is 31.2 Å². The third-order valence-electron chi connectivity index (χ3n) is 4.88. The van der Waals surface area contributed by atoms with Crippen molar-refractivity contribution in [3.63, 3.8) is 0 Å². The zero-order chi connectivity index (χ0) is 14.7. The molecule has 116 valence electrons. The van der Waals surface area contributed by atoms with Crippen LogP contribution >= 0.6 is 0 Å². The second-order valence-corrected chi connectivity index (χ2v) is 6.42. The van der Waals surface area contributed by atoms with Crippen molar-refractivity contribution in [1.29, 1.82) is 0 Å². The molecule has 1 aromatic carbocycles. The summed E-state index contributed by atoms with van der Waals surface area (Å²) >= 11 is 0. The Kier molecular flexibility index (Phi) is 4.94. The molecular formula is C18H28N2O. The highest BCUT2D eigenvalue weighted by Crippen LogP contribution is 2.40. The summed E-state index contributed by atoms with van der Waals surface area (Å²) in [5, 5.41) is 0. The zero-order valence-electron chi connectivity index (χ0n) is 13.1. The van der Waals surface area contributed by atoms with Gasteiger partial charge in [-0.05, 0) is 49.3 Å². The van der Waals surface area contributed by atoms with E-state index in [4.69, 9.17) is 10.5 Å². The van der Waals surface area contributed by atoms with Gasteiger partial charge in [-0.25, -0.2) is 0 Å². The Morgan fingerprint density at radius 2 is 2.19 bits per heavy atom. The lowest BCUT2D eigenvalue weighted by Crippen LogP contribution is -2.38. The normalized spacial score (nSPS) is 23.7. The number of nitrogens with zero attached hydrogens (tertiary/aromatic N) is 1. The van der Waals surface area contributed by atoms with Gasteiger partial charge in [0.1, 0.15) is 0 Å². The largest absolute Gasteiger partial charge is 0.377 e. The van der Waals surface area contributed by atoms with Crippen molar-refractivity contribution in [1.82, 2.24) is 4.90 Å². The molecule has 3 nitrogen and oxygen atoms in total. The highest BCUT2D eigenvalue weighted by atomic mass is 16.5. The molecule has 21 heavy (non-hydrogen) atoms. The van der Waals surface area contributed by atoms with E-state index in [9.17, 15) is 0 Å². The van der Waals surface area contributed by atoms with Gasteiger partial charge in [0.25, 0.3) is 0 Å². The van der Waals surface area contributed by atoms with Crippen LogP contribution in [0.1, 0.15) is 55.7 Å². The van der Waals surface area contributed by atoms with Crippen LogP contribution in [0.3, 0.4) is 0 Å². The number of ether oxygens (including phenoxy) is 1. The minimum absolute atomic E-state index is 0.317. The Labute approximate surface area is 128 Å². The number of likely N-dealkylation sites (N-methyl/N-ethyl adjacent to an activating group) is 1. The van der Waals surface area contributed by atoms with Crippen molar-refractivity contribution in [2.24, 2.45) is 5.73 Å². The van der Waals surface area contributed by atoms with E-state index in [1.807, 2.05) is 0 Å². The first kappa shape index (κ1) is 15.0. The van der Waals surface area contributed by atoms with Crippen LogP contribution in [0, 0.1) is 0 Å². The van der Waals surface area contributed by atoms with Gasteiger partial charge in [0.05, 0.1) is 6.10 Å². The van der Waals surface area contributed by atoms with Crippen LogP contribution in [0.15, 0.2) is 24.3 Å². The lowest BCUT2D eigenvalue weighted by atomic mass is 10.00. The molecule has 1 aliphatic heterocycles. The monoisotopic (exact) mass is 288 g/mol. The second kappa shape index (κ2) is 6.91. The fraction of sp³-hybridized carbons (Fsp3) is 0.667. The summed E-state index contributed by atoms with van der Waals surface area (Å²) in [6.07, 6.45) is 5.49. The quantitative estimate of drug-likeness (QED) is 0.838. The molecule has 0 spiro atoms. The molecule has 2 aliphatic rings. The van der Waals surface area contributed by atoms with Gasteiger partial charge in [0, 0.05) is 25.7 Å². The molecule has 1 aliphatic carbocycles. The molecule has 3 rings (SSSR count). The van der Waals surface area contributed by atoms with Crippen molar-refractivity contribution in [3.05, 3.63) is 35.4 Å². The standard InChI is InChI=1S/C18H28N2O/c1-2-20(13-17-7-4-10-21-17)18(12-19)16-6-3-5-15(11-16)14-8-9-14/h3,5-6,11,14,17-18H,2,4,7-10,12-13,19H2,1H3. The number of hydrogen-bond donors (Lipinski definition) is 1. The smallest absolute Gasteiger partial charge is 0.0703 e. The van der Waals surface area contributed by atoms with Gasteiger partial charge in [0.2, 0.25) is 0 Å². The minimum atomic E-state index is 0.317. The minimum Gasteiger partial charge on any atom is -0.377 e. The maximum atomic E-state index is 6.11. The Bertz CT molecular complexity index is 452. The molecule has 1 heterocycles. The molecule has 1 saturated carbocycles. The van der Waals surface area contributed by atoms with E-state index >= 15 is 0 Å². The Morgan fingerprint density at radius 3 is 2.81 bits per heavy atom. The molecule has 2 N–H and O–H groups in total. The van der Waals surface area contributed by atoms with E-state index in [0.29, 0.717) is 18.7 Å². The van der Waals surface area contributed by atoms with E-state index in [1.54, 1.807) is 0 Å². The molecule has 0 radical (unpaired) electrons. The van der Waals surface area contributed by atoms with Crippen molar-refractivity contribution in [2.75, 3.05) is 26.2 Å². The van der Waals surface area contributed by atoms with Gasteiger partial charge in [0.15, 0.2) is 0 Å². The highest BCUT2D eigenvalue weighted by molar-refractivity contribution is 5.31.